The molecule has 0 aliphatic heterocycles. The van der Waals surface area contributed by atoms with Gasteiger partial charge in [-0.3, -0.25) is 0 Å². The molecule has 0 bridgehead atoms. The highest BCUT2D eigenvalue weighted by Gasteiger charge is 1.99. The predicted octanol–water partition coefficient (Wildman–Crippen LogP) is 2.19. The number of rotatable bonds is 8. The van der Waals surface area contributed by atoms with Crippen molar-refractivity contribution >= 4 is 0 Å². The summed E-state index contributed by atoms with van der Waals surface area (Å²) in [6, 6.07) is 8.14. The zero-order valence-corrected chi connectivity index (χ0v) is 11.1. The summed E-state index contributed by atoms with van der Waals surface area (Å²) in [6.45, 7) is 4.47. The van der Waals surface area contributed by atoms with Crippen molar-refractivity contribution < 1.29 is 9.26 Å². The van der Waals surface area contributed by atoms with Crippen LogP contribution in [0.4, 0.5) is 0 Å². The minimum absolute atomic E-state index is 0.660. The van der Waals surface area contributed by atoms with Gasteiger partial charge in [0.25, 0.3) is 0 Å². The first-order valence-electron chi connectivity index (χ1n) is 6.56. The molecule has 1 aromatic heterocycles. The first kappa shape index (κ1) is 13.5. The molecule has 0 aliphatic rings. The number of aromatic nitrogens is 2. The van der Waals surface area contributed by atoms with Gasteiger partial charge in [-0.15, -0.1) is 0 Å². The highest BCUT2D eigenvalue weighted by Crippen LogP contribution is 2.13. The quantitative estimate of drug-likeness (QED) is 0.738. The van der Waals surface area contributed by atoms with Crippen LogP contribution in [-0.2, 0) is 13.0 Å². The maximum atomic E-state index is 5.60. The van der Waals surface area contributed by atoms with Crippen molar-refractivity contribution in [3.63, 3.8) is 0 Å². The zero-order chi connectivity index (χ0) is 13.3. The van der Waals surface area contributed by atoms with Crippen LogP contribution in [0.1, 0.15) is 24.8 Å². The summed E-state index contributed by atoms with van der Waals surface area (Å²) in [5, 5.41) is 6.91. The molecular weight excluding hydrogens is 242 g/mol. The van der Waals surface area contributed by atoms with E-state index in [1.807, 2.05) is 12.1 Å². The number of ether oxygens (including phenoxy) is 1. The molecule has 0 saturated carbocycles. The molecule has 2 aromatic rings. The van der Waals surface area contributed by atoms with Gasteiger partial charge in [-0.25, -0.2) is 0 Å². The summed E-state index contributed by atoms with van der Waals surface area (Å²) >= 11 is 0. The first-order chi connectivity index (χ1) is 9.38. The highest BCUT2D eigenvalue weighted by atomic mass is 16.5. The molecular formula is C14H19N3O2. The third-order valence-corrected chi connectivity index (χ3v) is 2.62. The van der Waals surface area contributed by atoms with Crippen LogP contribution in [0.5, 0.6) is 5.75 Å². The molecule has 102 valence electrons. The Morgan fingerprint density at radius 2 is 2.32 bits per heavy atom. The Balaban J connectivity index is 1.73. The van der Waals surface area contributed by atoms with E-state index in [0.29, 0.717) is 5.89 Å². The number of benzene rings is 1. The molecule has 0 amide bonds. The Morgan fingerprint density at radius 1 is 1.37 bits per heavy atom. The predicted molar refractivity (Wildman–Crippen MR) is 71.9 cm³/mol. The topological polar surface area (TPSA) is 60.2 Å². The Kier molecular flexibility index (Phi) is 5.37. The SMILES string of the molecule is CCCOc1cccc(CNCCc2ncno2)c1. The minimum Gasteiger partial charge on any atom is -0.494 e. The van der Waals surface area contributed by atoms with Gasteiger partial charge in [-0.2, -0.15) is 4.98 Å². The Hall–Kier alpha value is -1.88. The molecule has 2 rings (SSSR count). The third kappa shape index (κ3) is 4.71. The van der Waals surface area contributed by atoms with Gasteiger partial charge in [0.05, 0.1) is 6.61 Å². The van der Waals surface area contributed by atoms with Crippen LogP contribution in [-0.4, -0.2) is 23.3 Å². The molecule has 0 unspecified atom stereocenters. The lowest BCUT2D eigenvalue weighted by Crippen LogP contribution is -2.16. The number of hydrogen-bond donors (Lipinski definition) is 1. The van der Waals surface area contributed by atoms with Crippen LogP contribution in [0.25, 0.3) is 0 Å². The van der Waals surface area contributed by atoms with Crippen molar-refractivity contribution in [1.29, 1.82) is 0 Å². The van der Waals surface area contributed by atoms with Gasteiger partial charge in [0.2, 0.25) is 5.89 Å². The third-order valence-electron chi connectivity index (χ3n) is 2.62. The fourth-order valence-corrected chi connectivity index (χ4v) is 1.70. The maximum absolute atomic E-state index is 5.60. The largest absolute Gasteiger partial charge is 0.494 e. The molecule has 1 N–H and O–H groups in total. The fraction of sp³-hybridized carbons (Fsp3) is 0.429. The van der Waals surface area contributed by atoms with Gasteiger partial charge in [-0.05, 0) is 24.1 Å². The van der Waals surface area contributed by atoms with Crippen LogP contribution in [0.15, 0.2) is 35.1 Å². The molecule has 0 atom stereocenters. The van der Waals surface area contributed by atoms with Gasteiger partial charge >= 0.3 is 0 Å². The van der Waals surface area contributed by atoms with Crippen molar-refractivity contribution in [3.8, 4) is 5.75 Å². The molecule has 0 fully saturated rings. The maximum Gasteiger partial charge on any atom is 0.227 e. The van der Waals surface area contributed by atoms with Crippen molar-refractivity contribution in [2.75, 3.05) is 13.2 Å². The van der Waals surface area contributed by atoms with Gasteiger partial charge in [0.15, 0.2) is 6.33 Å². The highest BCUT2D eigenvalue weighted by molar-refractivity contribution is 5.28. The Morgan fingerprint density at radius 3 is 3.11 bits per heavy atom. The second-order valence-corrected chi connectivity index (χ2v) is 4.26. The molecule has 1 heterocycles. The van der Waals surface area contributed by atoms with E-state index in [-0.39, 0.29) is 0 Å². The van der Waals surface area contributed by atoms with Crippen LogP contribution in [0, 0.1) is 0 Å². The van der Waals surface area contributed by atoms with Crippen LogP contribution >= 0.6 is 0 Å². The van der Waals surface area contributed by atoms with Crippen molar-refractivity contribution in [2.24, 2.45) is 0 Å². The van der Waals surface area contributed by atoms with Crippen LogP contribution in [0.3, 0.4) is 0 Å². The standard InChI is InChI=1S/C14H19N3O2/c1-2-8-18-13-5-3-4-12(9-13)10-15-7-6-14-16-11-17-19-14/h3-5,9,11,15H,2,6-8,10H2,1H3. The van der Waals surface area contributed by atoms with Crippen LogP contribution < -0.4 is 10.1 Å². The minimum atomic E-state index is 0.660. The smallest absolute Gasteiger partial charge is 0.227 e. The van der Waals surface area contributed by atoms with E-state index < -0.39 is 0 Å². The average Bonchev–Trinajstić information content (AvgIpc) is 2.95. The number of hydrogen-bond acceptors (Lipinski definition) is 5. The molecule has 5 nitrogen and oxygen atoms in total. The molecule has 19 heavy (non-hydrogen) atoms. The van der Waals surface area contributed by atoms with Crippen molar-refractivity contribution in [3.05, 3.63) is 42.0 Å². The summed E-state index contributed by atoms with van der Waals surface area (Å²) in [6.07, 6.45) is 3.18. The monoisotopic (exact) mass is 261 g/mol. The van der Waals surface area contributed by atoms with Gasteiger partial charge in [0.1, 0.15) is 5.75 Å². The average molecular weight is 261 g/mol. The normalized spacial score (nSPS) is 10.6. The Labute approximate surface area is 113 Å². The number of nitrogens with zero attached hydrogens (tertiary/aromatic N) is 2. The van der Waals surface area contributed by atoms with Gasteiger partial charge in [0, 0.05) is 19.5 Å². The lowest BCUT2D eigenvalue weighted by Gasteiger charge is -2.07. The first-order valence-corrected chi connectivity index (χ1v) is 6.56. The van der Waals surface area contributed by atoms with E-state index in [0.717, 1.165) is 38.3 Å². The second-order valence-electron chi connectivity index (χ2n) is 4.26. The lowest BCUT2D eigenvalue weighted by molar-refractivity contribution is 0.317. The summed E-state index contributed by atoms with van der Waals surface area (Å²) in [7, 11) is 0. The summed E-state index contributed by atoms with van der Waals surface area (Å²) < 4.78 is 10.5. The molecule has 0 radical (unpaired) electrons. The van der Waals surface area contributed by atoms with Gasteiger partial charge in [-0.1, -0.05) is 24.2 Å². The van der Waals surface area contributed by atoms with Crippen molar-refractivity contribution in [2.45, 2.75) is 26.3 Å². The molecule has 0 saturated heterocycles. The lowest BCUT2D eigenvalue weighted by atomic mass is 10.2. The van der Waals surface area contributed by atoms with Crippen molar-refractivity contribution in [1.82, 2.24) is 15.5 Å². The summed E-state index contributed by atoms with van der Waals surface area (Å²) in [5.41, 5.74) is 1.21. The second kappa shape index (κ2) is 7.53. The van der Waals surface area contributed by atoms with E-state index in [4.69, 9.17) is 9.26 Å². The molecule has 0 spiro atoms. The molecule has 1 aromatic carbocycles. The van der Waals surface area contributed by atoms with E-state index >= 15 is 0 Å². The summed E-state index contributed by atoms with van der Waals surface area (Å²) in [5.74, 6) is 1.59. The van der Waals surface area contributed by atoms with Crippen LogP contribution in [0.2, 0.25) is 0 Å². The van der Waals surface area contributed by atoms with E-state index in [2.05, 4.69) is 34.5 Å². The Bertz CT molecular complexity index is 471. The fourth-order valence-electron chi connectivity index (χ4n) is 1.70. The summed E-state index contributed by atoms with van der Waals surface area (Å²) in [4.78, 5) is 3.97. The molecule has 0 aliphatic carbocycles. The molecule has 5 heteroatoms. The van der Waals surface area contributed by atoms with E-state index in [9.17, 15) is 0 Å². The zero-order valence-electron chi connectivity index (χ0n) is 11.1. The number of nitrogens with one attached hydrogen (secondary N) is 1. The van der Waals surface area contributed by atoms with Gasteiger partial charge < -0.3 is 14.6 Å². The van der Waals surface area contributed by atoms with E-state index in [1.165, 1.54) is 11.9 Å². The van der Waals surface area contributed by atoms with E-state index in [1.54, 1.807) is 0 Å².